The molecule has 0 aliphatic carbocycles. The van der Waals surface area contributed by atoms with Crippen LogP contribution in [0.1, 0.15) is 47.9 Å². The number of nitrogens with zero attached hydrogens (tertiary/aromatic N) is 3. The van der Waals surface area contributed by atoms with Crippen LogP contribution in [-0.4, -0.2) is 56.1 Å². The summed E-state index contributed by atoms with van der Waals surface area (Å²) in [6.07, 6.45) is -3.24. The number of halogens is 3. The van der Waals surface area contributed by atoms with Gasteiger partial charge in [0.2, 0.25) is 0 Å². The Labute approximate surface area is 234 Å². The molecule has 3 aliphatic heterocycles. The summed E-state index contributed by atoms with van der Waals surface area (Å²) in [5.74, 6) is -1.24. The van der Waals surface area contributed by atoms with Crippen LogP contribution >= 0.6 is 11.3 Å². The van der Waals surface area contributed by atoms with Crippen LogP contribution in [0.4, 0.5) is 29.5 Å². The van der Waals surface area contributed by atoms with Gasteiger partial charge in [-0.3, -0.25) is 0 Å². The molecular formula is C28H21F3N3O2STe. The van der Waals surface area contributed by atoms with Crippen molar-refractivity contribution in [3.63, 3.8) is 0 Å². The van der Waals surface area contributed by atoms with Crippen molar-refractivity contribution < 1.29 is 22.8 Å². The van der Waals surface area contributed by atoms with E-state index in [1.807, 2.05) is 49.1 Å². The minimum absolute atomic E-state index is 0.0882. The zero-order chi connectivity index (χ0) is 27.4. The fraction of sp³-hybridized carbons (Fsp3) is 0.250. The molecular weight excluding hydrogens is 627 g/mol. The number of thiophene rings is 1. The van der Waals surface area contributed by atoms with Crippen molar-refractivity contribution in [1.82, 2.24) is 4.90 Å². The number of anilines is 3. The fourth-order valence-corrected chi connectivity index (χ4v) is 7.36. The second-order valence-corrected chi connectivity index (χ2v) is 12.4. The molecule has 10 heteroatoms. The number of likely N-dealkylation sites (N-methyl/N-ethyl adjacent to an activating group) is 1. The number of hydrogen-bond donors (Lipinski definition) is 0. The van der Waals surface area contributed by atoms with Crippen LogP contribution in [0.5, 0.6) is 0 Å². The molecule has 1 atom stereocenters. The standard InChI is InChI=1S/C28H21F3N3O2STe/c1-26(2)16-8-5-6-11-20(16)34-21-17(26)9-7-10-18(21)27(3,28(29,30)31)19-13-14(37-24(19)34)12-15-22(35)32-25(38)33(4)23(15)36/h5-13H,1-4H3/b15-12+. The van der Waals surface area contributed by atoms with Gasteiger partial charge >= 0.3 is 215 Å². The molecule has 4 heterocycles. The molecule has 38 heavy (non-hydrogen) atoms. The number of rotatable bonds is 1. The molecule has 0 N–H and O–H groups in total. The van der Waals surface area contributed by atoms with Gasteiger partial charge in [0.1, 0.15) is 0 Å². The maximum atomic E-state index is 15.1. The first-order valence-electron chi connectivity index (χ1n) is 11.8. The summed E-state index contributed by atoms with van der Waals surface area (Å²) in [5.41, 5.74) is 0.439. The topological polar surface area (TPSA) is 53.0 Å². The fourth-order valence-electron chi connectivity index (χ4n) is 5.66. The van der Waals surface area contributed by atoms with E-state index in [-0.39, 0.29) is 20.6 Å². The van der Waals surface area contributed by atoms with E-state index in [9.17, 15) is 9.59 Å². The van der Waals surface area contributed by atoms with E-state index in [0.717, 1.165) is 28.2 Å². The monoisotopic (exact) mass is 650 g/mol. The Morgan fingerprint density at radius 1 is 0.974 bits per heavy atom. The van der Waals surface area contributed by atoms with Crippen molar-refractivity contribution in [2.24, 2.45) is 4.99 Å². The predicted molar refractivity (Wildman–Crippen MR) is 143 cm³/mol. The Balaban J connectivity index is 1.66. The van der Waals surface area contributed by atoms with Crippen molar-refractivity contribution in [2.75, 3.05) is 11.9 Å². The third-order valence-electron chi connectivity index (χ3n) is 7.87. The van der Waals surface area contributed by atoms with Gasteiger partial charge < -0.3 is 0 Å². The average molecular weight is 648 g/mol. The molecule has 0 saturated carbocycles. The molecule has 5 nitrogen and oxygen atoms in total. The van der Waals surface area contributed by atoms with Gasteiger partial charge in [-0.1, -0.05) is 19.9 Å². The Bertz CT molecular complexity index is 1640. The third-order valence-corrected chi connectivity index (χ3v) is 9.98. The molecule has 3 aromatic rings. The van der Waals surface area contributed by atoms with Gasteiger partial charge in [-0.15, -0.1) is 0 Å². The minimum atomic E-state index is -4.60. The van der Waals surface area contributed by atoms with Gasteiger partial charge in [-0.25, -0.2) is 0 Å². The van der Waals surface area contributed by atoms with Gasteiger partial charge in [0.25, 0.3) is 0 Å². The van der Waals surface area contributed by atoms with E-state index in [4.69, 9.17) is 0 Å². The summed E-state index contributed by atoms with van der Waals surface area (Å²) >= 11 is 2.60. The number of hydrogen-bond acceptors (Lipinski definition) is 4. The van der Waals surface area contributed by atoms with E-state index in [2.05, 4.69) is 4.99 Å². The second kappa shape index (κ2) is 8.04. The van der Waals surface area contributed by atoms with Gasteiger partial charge in [-0.05, 0) is 0 Å². The number of amidine groups is 1. The summed E-state index contributed by atoms with van der Waals surface area (Å²) in [5, 5.41) is 0.420. The Kier molecular flexibility index (Phi) is 5.37. The molecule has 2 amide bonds. The summed E-state index contributed by atoms with van der Waals surface area (Å²) in [6, 6.07) is 14.4. The van der Waals surface area contributed by atoms with E-state index in [0.29, 0.717) is 15.6 Å². The molecule has 3 aliphatic rings. The summed E-state index contributed by atoms with van der Waals surface area (Å²) in [4.78, 5) is 32.9. The molecule has 1 aromatic heterocycles. The predicted octanol–water partition coefficient (Wildman–Crippen LogP) is 5.95. The third kappa shape index (κ3) is 3.20. The summed E-state index contributed by atoms with van der Waals surface area (Å²) in [7, 11) is 1.51. The number of carbonyl (C=O) groups is 2. The molecule has 0 bridgehead atoms. The number of carbonyl (C=O) groups excluding carboxylic acids is 2. The molecule has 2 aromatic carbocycles. The van der Waals surface area contributed by atoms with Gasteiger partial charge in [0, 0.05) is 0 Å². The normalized spacial score (nSPS) is 22.7. The molecule has 193 valence electrons. The number of para-hydroxylation sites is 2. The van der Waals surface area contributed by atoms with Crippen molar-refractivity contribution in [3.05, 3.63) is 81.2 Å². The van der Waals surface area contributed by atoms with Crippen molar-refractivity contribution >= 4 is 71.8 Å². The first kappa shape index (κ1) is 25.4. The van der Waals surface area contributed by atoms with Crippen LogP contribution in [0.3, 0.4) is 0 Å². The van der Waals surface area contributed by atoms with Gasteiger partial charge in [0.05, 0.1) is 0 Å². The quantitative estimate of drug-likeness (QED) is 0.187. The summed E-state index contributed by atoms with van der Waals surface area (Å²) < 4.78 is 45.5. The zero-order valence-electron chi connectivity index (χ0n) is 20.8. The molecule has 0 fully saturated rings. The van der Waals surface area contributed by atoms with E-state index < -0.39 is 28.8 Å². The molecule has 0 saturated heterocycles. The van der Waals surface area contributed by atoms with E-state index in [1.54, 1.807) is 12.1 Å². The number of alkyl halides is 3. The van der Waals surface area contributed by atoms with Crippen LogP contribution in [0.15, 0.2) is 59.1 Å². The number of fused-ring (bicyclic) bond motifs is 4. The Hall–Kier alpha value is -2.93. The van der Waals surface area contributed by atoms with Crippen molar-refractivity contribution in [2.45, 2.75) is 37.8 Å². The Morgan fingerprint density at radius 3 is 2.34 bits per heavy atom. The molecule has 6 rings (SSSR count). The van der Waals surface area contributed by atoms with E-state index in [1.165, 1.54) is 53.3 Å². The van der Waals surface area contributed by atoms with Gasteiger partial charge in [0.15, 0.2) is 0 Å². The van der Waals surface area contributed by atoms with Crippen LogP contribution in [0.2, 0.25) is 0 Å². The van der Waals surface area contributed by atoms with Crippen LogP contribution in [0.25, 0.3) is 6.08 Å². The van der Waals surface area contributed by atoms with Crippen molar-refractivity contribution in [1.29, 1.82) is 0 Å². The average Bonchev–Trinajstić information content (AvgIpc) is 3.28. The molecule has 0 spiro atoms. The number of amides is 2. The Morgan fingerprint density at radius 2 is 1.63 bits per heavy atom. The number of aliphatic imine (C=N–C) groups is 1. The van der Waals surface area contributed by atoms with Gasteiger partial charge in [-0.2, -0.15) is 0 Å². The van der Waals surface area contributed by atoms with Crippen LogP contribution < -0.4 is 4.90 Å². The second-order valence-electron chi connectivity index (χ2n) is 10.3. The van der Waals surface area contributed by atoms with Crippen LogP contribution in [-0.2, 0) is 20.4 Å². The van der Waals surface area contributed by atoms with E-state index >= 15 is 13.2 Å². The van der Waals surface area contributed by atoms with Crippen LogP contribution in [0, 0.1) is 0 Å². The maximum absolute atomic E-state index is 15.1. The zero-order valence-corrected chi connectivity index (χ0v) is 24.0. The molecule has 1 unspecified atom stereocenters. The SMILES string of the molecule is CN1C(=O)/C(=C/c2cc3c(s2)N2c4ccccc4C(C)(C)c4cccc(c42)C3(C)C(F)(F)F)C(=O)N=C1[Te]. The first-order chi connectivity index (χ1) is 17.8. The summed E-state index contributed by atoms with van der Waals surface area (Å²) in [6.45, 7) is 5.28. The first-order valence-corrected chi connectivity index (χ1v) is 13.8. The number of benzene rings is 2. The molecule has 1 radical (unpaired) electrons. The van der Waals surface area contributed by atoms with Crippen molar-refractivity contribution in [3.8, 4) is 0 Å².